The topological polar surface area (TPSA) is 25.2 Å². The molecule has 0 bridgehead atoms. The summed E-state index contributed by atoms with van der Waals surface area (Å²) in [7, 11) is 1.99. The molecule has 20 heavy (non-hydrogen) atoms. The Morgan fingerprint density at radius 2 is 2.10 bits per heavy atom. The second kappa shape index (κ2) is 5.43. The van der Waals surface area contributed by atoms with E-state index in [9.17, 15) is 0 Å². The summed E-state index contributed by atoms with van der Waals surface area (Å²) in [4.78, 5) is 1.35. The standard InChI is InChI=1S/C17H19NOS/c1-4-12-7-8-20-17(12)16(18-3)15-10-13-9-11(2)5-6-14(13)19-15/h5-10,16,18H,4H2,1-3H3. The monoisotopic (exact) mass is 285 g/mol. The highest BCUT2D eigenvalue weighted by Crippen LogP contribution is 2.33. The summed E-state index contributed by atoms with van der Waals surface area (Å²) in [6.45, 7) is 4.30. The van der Waals surface area contributed by atoms with Crippen LogP contribution >= 0.6 is 11.3 Å². The van der Waals surface area contributed by atoms with Gasteiger partial charge in [0.2, 0.25) is 0 Å². The van der Waals surface area contributed by atoms with Crippen LogP contribution in [0.25, 0.3) is 11.0 Å². The molecule has 0 fully saturated rings. The van der Waals surface area contributed by atoms with E-state index >= 15 is 0 Å². The molecule has 0 aliphatic heterocycles. The van der Waals surface area contributed by atoms with Crippen molar-refractivity contribution in [3.63, 3.8) is 0 Å². The first-order chi connectivity index (χ1) is 9.72. The van der Waals surface area contributed by atoms with Crippen molar-refractivity contribution in [3.05, 3.63) is 57.5 Å². The molecular weight excluding hydrogens is 266 g/mol. The van der Waals surface area contributed by atoms with Crippen LogP contribution in [0, 0.1) is 6.92 Å². The first-order valence-electron chi connectivity index (χ1n) is 6.96. The van der Waals surface area contributed by atoms with E-state index in [1.807, 2.05) is 7.05 Å². The summed E-state index contributed by atoms with van der Waals surface area (Å²) in [5.41, 5.74) is 3.61. The summed E-state index contributed by atoms with van der Waals surface area (Å²) in [6.07, 6.45) is 1.05. The Morgan fingerprint density at radius 1 is 1.25 bits per heavy atom. The normalized spacial score (nSPS) is 12.9. The molecular formula is C17H19NOS. The van der Waals surface area contributed by atoms with Gasteiger partial charge in [0.05, 0.1) is 0 Å². The molecule has 2 aromatic heterocycles. The molecule has 3 rings (SSSR count). The van der Waals surface area contributed by atoms with Crippen LogP contribution in [0.15, 0.2) is 40.1 Å². The average Bonchev–Trinajstić information content (AvgIpc) is 3.05. The highest BCUT2D eigenvalue weighted by molar-refractivity contribution is 7.10. The first-order valence-corrected chi connectivity index (χ1v) is 7.84. The minimum atomic E-state index is 0.137. The fourth-order valence-corrected chi connectivity index (χ4v) is 3.73. The van der Waals surface area contributed by atoms with Crippen LogP contribution in [0.3, 0.4) is 0 Å². The highest BCUT2D eigenvalue weighted by atomic mass is 32.1. The number of nitrogens with one attached hydrogen (secondary N) is 1. The molecule has 0 aliphatic rings. The number of benzene rings is 1. The van der Waals surface area contributed by atoms with E-state index in [1.165, 1.54) is 21.4 Å². The van der Waals surface area contributed by atoms with Crippen LogP contribution in [0.5, 0.6) is 0 Å². The van der Waals surface area contributed by atoms with Crippen LogP contribution in [0.2, 0.25) is 0 Å². The van der Waals surface area contributed by atoms with E-state index in [-0.39, 0.29) is 6.04 Å². The Kier molecular flexibility index (Phi) is 3.64. The Balaban J connectivity index is 2.07. The van der Waals surface area contributed by atoms with Crippen molar-refractivity contribution in [1.29, 1.82) is 0 Å². The molecule has 0 amide bonds. The zero-order chi connectivity index (χ0) is 14.1. The van der Waals surface area contributed by atoms with Gasteiger partial charge < -0.3 is 9.73 Å². The Hall–Kier alpha value is -1.58. The molecule has 2 nitrogen and oxygen atoms in total. The Morgan fingerprint density at radius 3 is 2.85 bits per heavy atom. The highest BCUT2D eigenvalue weighted by Gasteiger charge is 2.20. The lowest BCUT2D eigenvalue weighted by Gasteiger charge is -2.13. The predicted octanol–water partition coefficient (Wildman–Crippen LogP) is 4.67. The zero-order valence-electron chi connectivity index (χ0n) is 12.1. The van der Waals surface area contributed by atoms with Crippen molar-refractivity contribution in [2.24, 2.45) is 0 Å². The lowest BCUT2D eigenvalue weighted by Crippen LogP contribution is -2.16. The lowest BCUT2D eigenvalue weighted by atomic mass is 10.1. The summed E-state index contributed by atoms with van der Waals surface area (Å²) in [5, 5.41) is 6.72. The van der Waals surface area contributed by atoms with Crippen molar-refractivity contribution >= 4 is 22.3 Å². The molecule has 0 saturated heterocycles. The SMILES string of the molecule is CCc1ccsc1C(NC)c1cc2cc(C)ccc2o1. The van der Waals surface area contributed by atoms with E-state index in [1.54, 1.807) is 11.3 Å². The number of furan rings is 1. The molecule has 0 radical (unpaired) electrons. The van der Waals surface area contributed by atoms with E-state index in [0.717, 1.165) is 17.8 Å². The molecule has 3 heteroatoms. The number of aryl methyl sites for hydroxylation is 2. The van der Waals surface area contributed by atoms with E-state index in [0.29, 0.717) is 0 Å². The van der Waals surface area contributed by atoms with Crippen LogP contribution in [0.4, 0.5) is 0 Å². The fourth-order valence-electron chi connectivity index (χ4n) is 2.62. The summed E-state index contributed by atoms with van der Waals surface area (Å²) in [6, 6.07) is 10.8. The molecule has 0 aliphatic carbocycles. The number of hydrogen-bond acceptors (Lipinski definition) is 3. The number of rotatable bonds is 4. The maximum absolute atomic E-state index is 6.04. The van der Waals surface area contributed by atoms with Gasteiger partial charge in [0.25, 0.3) is 0 Å². The second-order valence-corrected chi connectivity index (χ2v) is 6.02. The maximum Gasteiger partial charge on any atom is 0.134 e. The van der Waals surface area contributed by atoms with Crippen LogP contribution in [-0.4, -0.2) is 7.05 Å². The third kappa shape index (κ3) is 2.28. The molecule has 104 valence electrons. The van der Waals surface area contributed by atoms with Gasteiger partial charge in [0.15, 0.2) is 0 Å². The van der Waals surface area contributed by atoms with Gasteiger partial charge in [-0.05, 0) is 55.6 Å². The molecule has 3 aromatic rings. The smallest absolute Gasteiger partial charge is 0.134 e. The van der Waals surface area contributed by atoms with Crippen molar-refractivity contribution < 1.29 is 4.42 Å². The number of thiophene rings is 1. The molecule has 0 spiro atoms. The first kappa shape index (κ1) is 13.4. The quantitative estimate of drug-likeness (QED) is 0.753. The van der Waals surface area contributed by atoms with E-state index in [4.69, 9.17) is 4.42 Å². The predicted molar refractivity (Wildman–Crippen MR) is 85.6 cm³/mol. The van der Waals surface area contributed by atoms with Crippen molar-refractivity contribution in [1.82, 2.24) is 5.32 Å². The van der Waals surface area contributed by atoms with Crippen molar-refractivity contribution in [3.8, 4) is 0 Å². The minimum absolute atomic E-state index is 0.137. The molecule has 1 N–H and O–H groups in total. The fraction of sp³-hybridized carbons (Fsp3) is 0.294. The molecule has 1 unspecified atom stereocenters. The third-order valence-corrected chi connectivity index (χ3v) is 4.71. The van der Waals surface area contributed by atoms with Crippen molar-refractivity contribution in [2.75, 3.05) is 7.05 Å². The molecule has 1 aromatic carbocycles. The summed E-state index contributed by atoms with van der Waals surface area (Å²) < 4.78 is 6.04. The second-order valence-electron chi connectivity index (χ2n) is 5.08. The summed E-state index contributed by atoms with van der Waals surface area (Å²) in [5.74, 6) is 0.991. The van der Waals surface area contributed by atoms with Gasteiger partial charge in [-0.25, -0.2) is 0 Å². The Labute approximate surface area is 123 Å². The molecule has 2 heterocycles. The average molecular weight is 285 g/mol. The van der Waals surface area contributed by atoms with Crippen molar-refractivity contribution in [2.45, 2.75) is 26.3 Å². The van der Waals surface area contributed by atoms with E-state index < -0.39 is 0 Å². The van der Waals surface area contributed by atoms with Crippen LogP contribution < -0.4 is 5.32 Å². The minimum Gasteiger partial charge on any atom is -0.459 e. The van der Waals surface area contributed by atoms with Gasteiger partial charge in [-0.15, -0.1) is 11.3 Å². The van der Waals surface area contributed by atoms with Gasteiger partial charge in [0.1, 0.15) is 17.4 Å². The van der Waals surface area contributed by atoms with Crippen LogP contribution in [-0.2, 0) is 6.42 Å². The number of hydrogen-bond donors (Lipinski definition) is 1. The molecule has 0 saturated carbocycles. The van der Waals surface area contributed by atoms with E-state index in [2.05, 4.69) is 54.9 Å². The largest absolute Gasteiger partial charge is 0.459 e. The molecule has 1 atom stereocenters. The van der Waals surface area contributed by atoms with Gasteiger partial charge in [-0.2, -0.15) is 0 Å². The van der Waals surface area contributed by atoms with Gasteiger partial charge in [0, 0.05) is 10.3 Å². The van der Waals surface area contributed by atoms with Gasteiger partial charge >= 0.3 is 0 Å². The van der Waals surface area contributed by atoms with Gasteiger partial charge in [-0.1, -0.05) is 18.6 Å². The van der Waals surface area contributed by atoms with Gasteiger partial charge in [-0.3, -0.25) is 0 Å². The Bertz CT molecular complexity index is 726. The lowest BCUT2D eigenvalue weighted by molar-refractivity contribution is 0.494. The number of fused-ring (bicyclic) bond motifs is 1. The third-order valence-electron chi connectivity index (χ3n) is 3.69. The van der Waals surface area contributed by atoms with Crippen LogP contribution in [0.1, 0.15) is 34.7 Å². The zero-order valence-corrected chi connectivity index (χ0v) is 12.9. The maximum atomic E-state index is 6.04. The summed E-state index contributed by atoms with van der Waals surface area (Å²) >= 11 is 1.79.